The summed E-state index contributed by atoms with van der Waals surface area (Å²) < 4.78 is 6.53. The van der Waals surface area contributed by atoms with Crippen molar-refractivity contribution in [3.05, 3.63) is 34.6 Å². The summed E-state index contributed by atoms with van der Waals surface area (Å²) in [5.41, 5.74) is 4.29. The summed E-state index contributed by atoms with van der Waals surface area (Å²) in [6.45, 7) is 7.74. The van der Waals surface area contributed by atoms with Gasteiger partial charge in [0.2, 0.25) is 0 Å². The van der Waals surface area contributed by atoms with Crippen molar-refractivity contribution in [2.24, 2.45) is 0 Å². The van der Waals surface area contributed by atoms with Gasteiger partial charge in [-0.2, -0.15) is 0 Å². The number of carbonyl (C=O) groups excluding carboxylic acids is 1. The van der Waals surface area contributed by atoms with Crippen LogP contribution in [0.5, 0.6) is 0 Å². The van der Waals surface area contributed by atoms with E-state index in [9.17, 15) is 4.79 Å². The standard InChI is InChI=1S/C19H19N3O2S/c1-5-11-15-14(8-20-17(11)19(23)24-9(2)3)22-12-6-7-13-18(16(12)15)25-10(4)21-13/h6-9,22H,5H2,1-4H3. The van der Waals surface area contributed by atoms with Gasteiger partial charge in [-0.05, 0) is 44.9 Å². The summed E-state index contributed by atoms with van der Waals surface area (Å²) in [4.78, 5) is 24.9. The molecule has 0 atom stereocenters. The van der Waals surface area contributed by atoms with Gasteiger partial charge in [-0.1, -0.05) is 6.92 Å². The van der Waals surface area contributed by atoms with Crippen LogP contribution < -0.4 is 0 Å². The lowest BCUT2D eigenvalue weighted by Crippen LogP contribution is -2.15. The first-order chi connectivity index (χ1) is 12.0. The average Bonchev–Trinajstić information content (AvgIpc) is 3.11. The number of pyridine rings is 1. The molecule has 0 unspecified atom stereocenters. The van der Waals surface area contributed by atoms with Gasteiger partial charge in [0, 0.05) is 16.3 Å². The Labute approximate surface area is 149 Å². The number of hydrogen-bond donors (Lipinski definition) is 1. The van der Waals surface area contributed by atoms with Gasteiger partial charge in [0.1, 0.15) is 0 Å². The number of hydrogen-bond acceptors (Lipinski definition) is 5. The lowest BCUT2D eigenvalue weighted by molar-refractivity contribution is 0.0370. The molecule has 6 heteroatoms. The van der Waals surface area contributed by atoms with Crippen LogP contribution in [-0.4, -0.2) is 27.0 Å². The molecular formula is C19H19N3O2S. The van der Waals surface area contributed by atoms with Crippen LogP contribution in [0.25, 0.3) is 32.0 Å². The molecule has 0 amide bonds. The number of rotatable bonds is 3. The number of fused-ring (bicyclic) bond motifs is 5. The second-order valence-corrected chi connectivity index (χ2v) is 7.58. The Morgan fingerprint density at radius 2 is 2.08 bits per heavy atom. The lowest BCUT2D eigenvalue weighted by Gasteiger charge is -2.11. The molecule has 25 heavy (non-hydrogen) atoms. The highest BCUT2D eigenvalue weighted by molar-refractivity contribution is 7.19. The van der Waals surface area contributed by atoms with Crippen LogP contribution in [0.15, 0.2) is 18.3 Å². The maximum Gasteiger partial charge on any atom is 0.357 e. The molecule has 0 radical (unpaired) electrons. The van der Waals surface area contributed by atoms with Crippen LogP contribution in [0.3, 0.4) is 0 Å². The molecule has 0 saturated carbocycles. The summed E-state index contributed by atoms with van der Waals surface area (Å²) in [5.74, 6) is -0.365. The van der Waals surface area contributed by atoms with Gasteiger partial charge in [-0.25, -0.2) is 14.8 Å². The van der Waals surface area contributed by atoms with Crippen LogP contribution >= 0.6 is 11.3 Å². The van der Waals surface area contributed by atoms with Gasteiger partial charge in [0.15, 0.2) is 5.69 Å². The van der Waals surface area contributed by atoms with E-state index < -0.39 is 0 Å². The first-order valence-corrected chi connectivity index (χ1v) is 9.21. The molecule has 4 aromatic rings. The van der Waals surface area contributed by atoms with E-state index in [-0.39, 0.29) is 12.1 Å². The number of H-pyrrole nitrogens is 1. The van der Waals surface area contributed by atoms with Gasteiger partial charge >= 0.3 is 5.97 Å². The number of esters is 1. The smallest absolute Gasteiger partial charge is 0.357 e. The number of benzene rings is 1. The average molecular weight is 353 g/mol. The van der Waals surface area contributed by atoms with Gasteiger partial charge < -0.3 is 9.72 Å². The van der Waals surface area contributed by atoms with Gasteiger partial charge in [-0.3, -0.25) is 0 Å². The zero-order valence-electron chi connectivity index (χ0n) is 14.6. The molecule has 5 nitrogen and oxygen atoms in total. The van der Waals surface area contributed by atoms with Gasteiger partial charge in [0.25, 0.3) is 0 Å². The van der Waals surface area contributed by atoms with Crippen molar-refractivity contribution in [3.63, 3.8) is 0 Å². The van der Waals surface area contributed by atoms with E-state index in [1.807, 2.05) is 39.8 Å². The fraction of sp³-hybridized carbons (Fsp3) is 0.316. The van der Waals surface area contributed by atoms with Crippen molar-refractivity contribution in [3.8, 4) is 0 Å². The van der Waals surface area contributed by atoms with Crippen molar-refractivity contribution < 1.29 is 9.53 Å². The largest absolute Gasteiger partial charge is 0.458 e. The third-order valence-electron chi connectivity index (χ3n) is 4.25. The fourth-order valence-electron chi connectivity index (χ4n) is 3.32. The highest BCUT2D eigenvalue weighted by Crippen LogP contribution is 2.37. The molecule has 0 spiro atoms. The highest BCUT2D eigenvalue weighted by Gasteiger charge is 2.21. The lowest BCUT2D eigenvalue weighted by atomic mass is 10.0. The Balaban J connectivity index is 2.10. The van der Waals surface area contributed by atoms with E-state index in [4.69, 9.17) is 4.74 Å². The molecule has 0 bridgehead atoms. The van der Waals surface area contributed by atoms with Crippen molar-refractivity contribution in [2.45, 2.75) is 40.2 Å². The van der Waals surface area contributed by atoms with E-state index >= 15 is 0 Å². The van der Waals surface area contributed by atoms with E-state index in [0.717, 1.165) is 42.6 Å². The minimum atomic E-state index is -0.365. The van der Waals surface area contributed by atoms with E-state index in [0.29, 0.717) is 12.1 Å². The maximum absolute atomic E-state index is 12.5. The monoisotopic (exact) mass is 353 g/mol. The number of aromatic amines is 1. The first kappa shape index (κ1) is 16.0. The third kappa shape index (κ3) is 2.48. The molecule has 0 aliphatic rings. The Bertz CT molecular complexity index is 1120. The van der Waals surface area contributed by atoms with Crippen molar-refractivity contribution >= 4 is 49.3 Å². The first-order valence-electron chi connectivity index (χ1n) is 8.40. The molecule has 0 aliphatic carbocycles. The Morgan fingerprint density at radius 3 is 2.80 bits per heavy atom. The summed E-state index contributed by atoms with van der Waals surface area (Å²) in [6, 6.07) is 4.08. The summed E-state index contributed by atoms with van der Waals surface area (Å²) >= 11 is 1.68. The number of nitrogens with one attached hydrogen (secondary N) is 1. The van der Waals surface area contributed by atoms with E-state index in [1.165, 1.54) is 0 Å². The molecular weight excluding hydrogens is 334 g/mol. The summed E-state index contributed by atoms with van der Waals surface area (Å²) in [6.07, 6.45) is 2.26. The summed E-state index contributed by atoms with van der Waals surface area (Å²) in [7, 11) is 0. The van der Waals surface area contributed by atoms with E-state index in [1.54, 1.807) is 17.5 Å². The molecule has 4 rings (SSSR count). The second kappa shape index (κ2) is 5.81. The topological polar surface area (TPSA) is 67.9 Å². The van der Waals surface area contributed by atoms with Crippen LogP contribution in [-0.2, 0) is 11.2 Å². The van der Waals surface area contributed by atoms with Crippen molar-refractivity contribution in [1.29, 1.82) is 0 Å². The maximum atomic E-state index is 12.5. The Morgan fingerprint density at radius 1 is 1.28 bits per heavy atom. The van der Waals surface area contributed by atoms with Gasteiger partial charge in [-0.15, -0.1) is 11.3 Å². The van der Waals surface area contributed by atoms with E-state index in [2.05, 4.69) is 15.0 Å². The Hall–Kier alpha value is -2.47. The predicted molar refractivity (Wildman–Crippen MR) is 101 cm³/mol. The zero-order chi connectivity index (χ0) is 17.7. The van der Waals surface area contributed by atoms with Crippen LogP contribution in [0.1, 0.15) is 41.8 Å². The van der Waals surface area contributed by atoms with Crippen molar-refractivity contribution in [1.82, 2.24) is 15.0 Å². The molecule has 3 heterocycles. The third-order valence-corrected chi connectivity index (χ3v) is 5.26. The number of aromatic nitrogens is 3. The minimum absolute atomic E-state index is 0.173. The molecule has 0 fully saturated rings. The highest BCUT2D eigenvalue weighted by atomic mass is 32.1. The SMILES string of the molecule is CCc1c(C(=O)OC(C)C)ncc2[nH]c3ccc4nc(C)sc4c3c12. The molecule has 0 aliphatic heterocycles. The zero-order valence-corrected chi connectivity index (χ0v) is 15.5. The molecule has 0 saturated heterocycles. The predicted octanol–water partition coefficient (Wildman–Crippen LogP) is 4.76. The normalized spacial score (nSPS) is 11.9. The summed E-state index contributed by atoms with van der Waals surface area (Å²) in [5, 5.41) is 3.21. The Kier molecular flexibility index (Phi) is 3.72. The van der Waals surface area contributed by atoms with Crippen LogP contribution in [0.2, 0.25) is 0 Å². The fourth-order valence-corrected chi connectivity index (χ4v) is 4.30. The van der Waals surface area contributed by atoms with Crippen LogP contribution in [0.4, 0.5) is 0 Å². The quantitative estimate of drug-likeness (QED) is 0.539. The molecule has 3 aromatic heterocycles. The number of aryl methyl sites for hydroxylation is 2. The number of carbonyl (C=O) groups is 1. The molecule has 1 N–H and O–H groups in total. The molecule has 128 valence electrons. The minimum Gasteiger partial charge on any atom is -0.458 e. The number of nitrogens with zero attached hydrogens (tertiary/aromatic N) is 2. The van der Waals surface area contributed by atoms with Crippen LogP contribution in [0, 0.1) is 6.92 Å². The second-order valence-electron chi connectivity index (χ2n) is 6.38. The van der Waals surface area contributed by atoms with Gasteiger partial charge in [0.05, 0.1) is 33.0 Å². The van der Waals surface area contributed by atoms with Crippen molar-refractivity contribution in [2.75, 3.05) is 0 Å². The number of ether oxygens (including phenoxy) is 1. The number of thiazole rings is 1. The molecule has 1 aromatic carbocycles.